The number of benzene rings is 1. The third-order valence-electron chi connectivity index (χ3n) is 6.64. The van der Waals surface area contributed by atoms with Crippen molar-refractivity contribution < 1.29 is 4.74 Å². The Balaban J connectivity index is 1.28. The molecule has 7 heteroatoms. The zero-order chi connectivity index (χ0) is 21.4. The van der Waals surface area contributed by atoms with Crippen molar-refractivity contribution in [2.45, 2.75) is 44.1 Å². The van der Waals surface area contributed by atoms with E-state index in [0.717, 1.165) is 57.5 Å². The zero-order valence-corrected chi connectivity index (χ0v) is 18.7. The van der Waals surface area contributed by atoms with E-state index in [1.807, 2.05) is 36.1 Å². The van der Waals surface area contributed by atoms with Crippen LogP contribution in [0.15, 0.2) is 47.7 Å². The molecule has 0 spiro atoms. The molecule has 1 aliphatic carbocycles. The summed E-state index contributed by atoms with van der Waals surface area (Å²) < 4.78 is 7.53. The normalized spacial score (nSPS) is 19.8. The van der Waals surface area contributed by atoms with Gasteiger partial charge in [0.25, 0.3) is 0 Å². The first-order chi connectivity index (χ1) is 15.3. The van der Waals surface area contributed by atoms with E-state index in [-0.39, 0.29) is 5.54 Å². The lowest BCUT2D eigenvalue weighted by atomic mass is 9.80. The smallest absolute Gasteiger partial charge is 0.191 e. The maximum absolute atomic E-state index is 5.60. The van der Waals surface area contributed by atoms with Crippen LogP contribution in [0.5, 0.6) is 0 Å². The molecule has 1 aromatic heterocycles. The molecule has 0 bridgehead atoms. The van der Waals surface area contributed by atoms with Crippen molar-refractivity contribution in [3.63, 3.8) is 0 Å². The van der Waals surface area contributed by atoms with Crippen molar-refractivity contribution in [3.05, 3.63) is 48.3 Å². The van der Waals surface area contributed by atoms with Crippen LogP contribution in [0.25, 0.3) is 5.69 Å². The summed E-state index contributed by atoms with van der Waals surface area (Å²) in [6.07, 6.45) is 11.5. The third-order valence-corrected chi connectivity index (χ3v) is 6.64. The van der Waals surface area contributed by atoms with Crippen molar-refractivity contribution in [1.82, 2.24) is 25.3 Å². The second kappa shape index (κ2) is 10.8. The fraction of sp³-hybridized carbons (Fsp3) is 0.583. The maximum atomic E-state index is 5.60. The first-order valence-corrected chi connectivity index (χ1v) is 11.7. The molecule has 1 aromatic carbocycles. The first kappa shape index (κ1) is 21.8. The van der Waals surface area contributed by atoms with Gasteiger partial charge >= 0.3 is 0 Å². The highest BCUT2D eigenvalue weighted by molar-refractivity contribution is 5.79. The van der Waals surface area contributed by atoms with Gasteiger partial charge in [0, 0.05) is 45.0 Å². The number of hydrogen-bond donors (Lipinski definition) is 2. The minimum absolute atomic E-state index is 0.233. The van der Waals surface area contributed by atoms with E-state index in [1.54, 1.807) is 0 Å². The number of rotatable bonds is 7. The lowest BCUT2D eigenvalue weighted by Crippen LogP contribution is -2.60. The molecule has 1 saturated heterocycles. The number of nitrogens with zero attached hydrogens (tertiary/aromatic N) is 4. The number of morpholine rings is 1. The minimum Gasteiger partial charge on any atom is -0.379 e. The van der Waals surface area contributed by atoms with Gasteiger partial charge in [-0.2, -0.15) is 5.10 Å². The van der Waals surface area contributed by atoms with E-state index in [0.29, 0.717) is 0 Å². The molecule has 2 N–H and O–H groups in total. The van der Waals surface area contributed by atoms with E-state index in [9.17, 15) is 0 Å². The molecule has 0 unspecified atom stereocenters. The standard InChI is InChI=1S/C24H36N6O/c1-25-23(26-13-10-21-18-28-30(19-21)22-8-4-2-5-9-22)27-20-24(11-6-3-7-12-24)29-14-16-31-17-15-29/h2,4-5,8-9,18-19H,3,6-7,10-17,20H2,1H3,(H2,25,26,27). The Morgan fingerprint density at radius 2 is 1.87 bits per heavy atom. The molecule has 31 heavy (non-hydrogen) atoms. The van der Waals surface area contributed by atoms with Gasteiger partial charge in [0.05, 0.1) is 25.1 Å². The summed E-state index contributed by atoms with van der Waals surface area (Å²) in [5.41, 5.74) is 2.53. The SMILES string of the molecule is CN=C(NCCc1cnn(-c2ccccc2)c1)NCC1(N2CCOCC2)CCCCC1. The zero-order valence-electron chi connectivity index (χ0n) is 18.7. The highest BCUT2D eigenvalue weighted by Crippen LogP contribution is 2.33. The highest BCUT2D eigenvalue weighted by Gasteiger charge is 2.38. The van der Waals surface area contributed by atoms with Crippen LogP contribution in [-0.2, 0) is 11.2 Å². The predicted molar refractivity (Wildman–Crippen MR) is 125 cm³/mol. The second-order valence-electron chi connectivity index (χ2n) is 8.62. The first-order valence-electron chi connectivity index (χ1n) is 11.7. The number of nitrogens with one attached hydrogen (secondary N) is 2. The van der Waals surface area contributed by atoms with Crippen LogP contribution in [0.2, 0.25) is 0 Å². The molecule has 1 aliphatic heterocycles. The molecule has 2 aromatic rings. The van der Waals surface area contributed by atoms with Gasteiger partial charge < -0.3 is 15.4 Å². The Morgan fingerprint density at radius 3 is 2.61 bits per heavy atom. The number of para-hydroxylation sites is 1. The molecule has 0 radical (unpaired) electrons. The van der Waals surface area contributed by atoms with E-state index < -0.39 is 0 Å². The Hall–Kier alpha value is -2.38. The lowest BCUT2D eigenvalue weighted by molar-refractivity contribution is -0.0352. The van der Waals surface area contributed by atoms with Crippen molar-refractivity contribution in [2.75, 3.05) is 46.4 Å². The fourth-order valence-corrected chi connectivity index (χ4v) is 4.86. The number of aliphatic imine (C=N–C) groups is 1. The van der Waals surface area contributed by atoms with Gasteiger partial charge in [-0.3, -0.25) is 9.89 Å². The topological polar surface area (TPSA) is 66.7 Å². The lowest BCUT2D eigenvalue weighted by Gasteiger charge is -2.48. The number of guanidine groups is 1. The Morgan fingerprint density at radius 1 is 1.10 bits per heavy atom. The summed E-state index contributed by atoms with van der Waals surface area (Å²) in [5.74, 6) is 0.883. The average molecular weight is 425 g/mol. The van der Waals surface area contributed by atoms with Crippen molar-refractivity contribution >= 4 is 5.96 Å². The number of hydrogen-bond acceptors (Lipinski definition) is 4. The Labute approximate surface area is 185 Å². The van der Waals surface area contributed by atoms with Crippen LogP contribution in [-0.4, -0.2) is 72.6 Å². The van der Waals surface area contributed by atoms with Crippen molar-refractivity contribution in [1.29, 1.82) is 0 Å². The molecule has 4 rings (SSSR count). The molecule has 168 valence electrons. The maximum Gasteiger partial charge on any atom is 0.191 e. The van der Waals surface area contributed by atoms with Crippen LogP contribution in [0.3, 0.4) is 0 Å². The molecule has 0 amide bonds. The molecule has 2 aliphatic rings. The molecular weight excluding hydrogens is 388 g/mol. The Bertz CT molecular complexity index is 822. The van der Waals surface area contributed by atoms with Gasteiger partial charge in [0.2, 0.25) is 0 Å². The summed E-state index contributed by atoms with van der Waals surface area (Å²) >= 11 is 0. The van der Waals surface area contributed by atoms with Crippen LogP contribution >= 0.6 is 0 Å². The van der Waals surface area contributed by atoms with Gasteiger partial charge in [-0.25, -0.2) is 4.68 Å². The fourth-order valence-electron chi connectivity index (χ4n) is 4.86. The van der Waals surface area contributed by atoms with Crippen LogP contribution in [0.4, 0.5) is 0 Å². The Kier molecular flexibility index (Phi) is 7.59. The van der Waals surface area contributed by atoms with Gasteiger partial charge in [0.15, 0.2) is 5.96 Å². The predicted octanol–water partition coefficient (Wildman–Crippen LogP) is 2.61. The molecular formula is C24H36N6O. The summed E-state index contributed by atoms with van der Waals surface area (Å²) in [7, 11) is 1.85. The van der Waals surface area contributed by atoms with Gasteiger partial charge in [-0.15, -0.1) is 0 Å². The van der Waals surface area contributed by atoms with Gasteiger partial charge in [0.1, 0.15) is 0 Å². The summed E-state index contributed by atoms with van der Waals surface area (Å²) in [6, 6.07) is 10.2. The minimum atomic E-state index is 0.233. The number of aromatic nitrogens is 2. The number of ether oxygens (including phenoxy) is 1. The summed E-state index contributed by atoms with van der Waals surface area (Å²) in [4.78, 5) is 7.12. The van der Waals surface area contributed by atoms with Crippen LogP contribution < -0.4 is 10.6 Å². The highest BCUT2D eigenvalue weighted by atomic mass is 16.5. The summed E-state index contributed by atoms with van der Waals surface area (Å²) in [6.45, 7) is 5.55. The van der Waals surface area contributed by atoms with Crippen molar-refractivity contribution in [3.8, 4) is 5.69 Å². The molecule has 2 heterocycles. The monoisotopic (exact) mass is 424 g/mol. The summed E-state index contributed by atoms with van der Waals surface area (Å²) in [5, 5.41) is 11.6. The molecule has 1 saturated carbocycles. The molecule has 2 fully saturated rings. The van der Waals surface area contributed by atoms with Crippen molar-refractivity contribution in [2.24, 2.45) is 4.99 Å². The van der Waals surface area contributed by atoms with Crippen LogP contribution in [0.1, 0.15) is 37.7 Å². The van der Waals surface area contributed by atoms with E-state index in [2.05, 4.69) is 44.0 Å². The largest absolute Gasteiger partial charge is 0.379 e. The van der Waals surface area contributed by atoms with Crippen LogP contribution in [0, 0.1) is 0 Å². The van der Waals surface area contributed by atoms with Gasteiger partial charge in [-0.05, 0) is 37.0 Å². The molecule has 7 nitrogen and oxygen atoms in total. The quantitative estimate of drug-likeness (QED) is 0.528. The average Bonchev–Trinajstić information content (AvgIpc) is 3.32. The third kappa shape index (κ3) is 5.66. The molecule has 0 atom stereocenters. The van der Waals surface area contributed by atoms with E-state index >= 15 is 0 Å². The van der Waals surface area contributed by atoms with Gasteiger partial charge in [-0.1, -0.05) is 37.5 Å². The second-order valence-corrected chi connectivity index (χ2v) is 8.62. The van der Waals surface area contributed by atoms with E-state index in [1.165, 1.54) is 37.7 Å². The van der Waals surface area contributed by atoms with E-state index in [4.69, 9.17) is 4.74 Å².